The number of aryl methyl sites for hydroxylation is 2. The minimum atomic E-state index is -4.12. The Morgan fingerprint density at radius 1 is 0.927 bits per heavy atom. The molecule has 0 radical (unpaired) electrons. The van der Waals surface area contributed by atoms with Gasteiger partial charge >= 0.3 is 10.2 Å². The summed E-state index contributed by atoms with van der Waals surface area (Å²) < 4.78 is 44.1. The van der Waals surface area contributed by atoms with Gasteiger partial charge in [-0.05, 0) is 56.5 Å². The molecule has 0 spiro atoms. The molecule has 41 heavy (non-hydrogen) atoms. The number of nitrogens with zero attached hydrogens (tertiary/aromatic N) is 3. The van der Waals surface area contributed by atoms with Crippen LogP contribution in [0.1, 0.15) is 36.1 Å². The van der Waals surface area contributed by atoms with E-state index in [4.69, 9.17) is 0 Å². The van der Waals surface area contributed by atoms with Crippen molar-refractivity contribution in [2.45, 2.75) is 52.7 Å². The third-order valence-electron chi connectivity index (χ3n) is 6.65. The number of carbonyl (C=O) groups excluding carboxylic acids is 2. The van der Waals surface area contributed by atoms with Crippen LogP contribution in [0.5, 0.6) is 0 Å². The zero-order chi connectivity index (χ0) is 30.3. The molecule has 3 rings (SSSR count). The topological polar surface area (TPSA) is 90.0 Å². The van der Waals surface area contributed by atoms with Crippen LogP contribution in [-0.2, 0) is 32.8 Å². The van der Waals surface area contributed by atoms with Crippen molar-refractivity contribution in [2.75, 3.05) is 24.9 Å². The van der Waals surface area contributed by atoms with Gasteiger partial charge in [0.05, 0.1) is 5.69 Å². The Balaban J connectivity index is 2.14. The third kappa shape index (κ3) is 8.14. The lowest BCUT2D eigenvalue weighted by Crippen LogP contribution is -2.55. The van der Waals surface area contributed by atoms with E-state index in [9.17, 15) is 22.4 Å². The van der Waals surface area contributed by atoms with Gasteiger partial charge in [0.2, 0.25) is 11.8 Å². The summed E-state index contributed by atoms with van der Waals surface area (Å²) in [7, 11) is -1.34. The number of amides is 2. The molecule has 0 aliphatic rings. The fraction of sp³-hybridized carbons (Fsp3) is 0.355. The highest BCUT2D eigenvalue weighted by molar-refractivity contribution is 7.90. The fourth-order valence-electron chi connectivity index (χ4n) is 4.43. The van der Waals surface area contributed by atoms with Crippen molar-refractivity contribution < 1.29 is 22.4 Å². The summed E-state index contributed by atoms with van der Waals surface area (Å²) in [5.74, 6) is -1.58. The highest BCUT2D eigenvalue weighted by atomic mass is 32.2. The number of anilines is 1. The average Bonchev–Trinajstić information content (AvgIpc) is 2.91. The van der Waals surface area contributed by atoms with E-state index < -0.39 is 40.4 Å². The van der Waals surface area contributed by atoms with Crippen molar-refractivity contribution in [2.24, 2.45) is 0 Å². The summed E-state index contributed by atoms with van der Waals surface area (Å²) >= 11 is 0. The molecular formula is C31H39FN4O4S. The van der Waals surface area contributed by atoms with E-state index in [-0.39, 0.29) is 24.6 Å². The summed E-state index contributed by atoms with van der Waals surface area (Å²) in [5, 5.41) is 2.88. The van der Waals surface area contributed by atoms with Crippen LogP contribution in [0, 0.1) is 19.7 Å². The maximum Gasteiger partial charge on any atom is 0.304 e. The van der Waals surface area contributed by atoms with Gasteiger partial charge in [0.1, 0.15) is 18.4 Å². The summed E-state index contributed by atoms with van der Waals surface area (Å²) in [6.45, 7) is 6.42. The minimum Gasteiger partial charge on any atom is -0.352 e. The van der Waals surface area contributed by atoms with Gasteiger partial charge in [-0.3, -0.25) is 9.59 Å². The highest BCUT2D eigenvalue weighted by Gasteiger charge is 2.35. The third-order valence-corrected chi connectivity index (χ3v) is 8.46. The molecule has 3 aromatic carbocycles. The Bertz CT molecular complexity index is 1460. The van der Waals surface area contributed by atoms with Gasteiger partial charge in [0.15, 0.2) is 0 Å². The number of nitrogens with one attached hydrogen (secondary N) is 1. The van der Waals surface area contributed by atoms with Crippen molar-refractivity contribution in [3.63, 3.8) is 0 Å². The van der Waals surface area contributed by atoms with Crippen molar-refractivity contribution in [3.05, 3.63) is 101 Å². The molecule has 1 N–H and O–H groups in total. The summed E-state index contributed by atoms with van der Waals surface area (Å²) in [6, 6.07) is 19.4. The lowest BCUT2D eigenvalue weighted by Gasteiger charge is -2.35. The Hall–Kier alpha value is -3.76. The van der Waals surface area contributed by atoms with E-state index in [0.29, 0.717) is 11.3 Å². The number of hydrogen-bond donors (Lipinski definition) is 1. The Morgan fingerprint density at radius 3 is 2.17 bits per heavy atom. The largest absolute Gasteiger partial charge is 0.352 e. The molecule has 0 aliphatic carbocycles. The standard InChI is InChI=1S/C31H39FN4O4S/c1-22(2)33-31(38)29(19-25-12-8-7-9-13-25)35(20-26-14-10-11-15-27(26)32)30(37)21-36(41(39,40)34(5)6)28-18-23(3)16-17-24(28)4/h7-18,22,29H,19-21H2,1-6H3,(H,33,38)/t29-/m1/s1. The Kier molecular flexibility index (Phi) is 10.6. The molecule has 0 unspecified atom stereocenters. The highest BCUT2D eigenvalue weighted by Crippen LogP contribution is 2.26. The molecule has 0 saturated carbocycles. The molecule has 1 atom stereocenters. The van der Waals surface area contributed by atoms with Gasteiger partial charge in [-0.25, -0.2) is 8.70 Å². The summed E-state index contributed by atoms with van der Waals surface area (Å²) in [4.78, 5) is 29.1. The molecule has 0 bridgehead atoms. The molecule has 3 aromatic rings. The predicted octanol–water partition coefficient (Wildman–Crippen LogP) is 4.22. The molecule has 8 nitrogen and oxygen atoms in total. The second-order valence-electron chi connectivity index (χ2n) is 10.6. The van der Waals surface area contributed by atoms with Crippen LogP contribution < -0.4 is 9.62 Å². The second kappa shape index (κ2) is 13.7. The van der Waals surface area contributed by atoms with Crippen LogP contribution >= 0.6 is 0 Å². The molecule has 0 fully saturated rings. The first kappa shape index (κ1) is 31.8. The van der Waals surface area contributed by atoms with E-state index in [1.807, 2.05) is 57.2 Å². The zero-order valence-corrected chi connectivity index (χ0v) is 25.3. The molecule has 220 valence electrons. The number of halogens is 1. The molecule has 0 heterocycles. The van der Waals surface area contributed by atoms with E-state index in [1.165, 1.54) is 25.1 Å². The van der Waals surface area contributed by atoms with Crippen LogP contribution in [0.2, 0.25) is 0 Å². The zero-order valence-electron chi connectivity index (χ0n) is 24.5. The van der Waals surface area contributed by atoms with E-state index >= 15 is 0 Å². The summed E-state index contributed by atoms with van der Waals surface area (Å²) in [5.41, 5.74) is 2.84. The first-order valence-electron chi connectivity index (χ1n) is 13.5. The average molecular weight is 583 g/mol. The lowest BCUT2D eigenvalue weighted by atomic mass is 10.0. The molecule has 10 heteroatoms. The normalized spacial score (nSPS) is 12.3. The smallest absolute Gasteiger partial charge is 0.304 e. The monoisotopic (exact) mass is 582 g/mol. The van der Waals surface area contributed by atoms with E-state index in [2.05, 4.69) is 5.32 Å². The van der Waals surface area contributed by atoms with Gasteiger partial charge in [-0.15, -0.1) is 0 Å². The Morgan fingerprint density at radius 2 is 1.56 bits per heavy atom. The Labute approximate surface area is 243 Å². The van der Waals surface area contributed by atoms with Gasteiger partial charge in [-0.2, -0.15) is 12.7 Å². The fourth-order valence-corrected chi connectivity index (χ4v) is 5.55. The van der Waals surface area contributed by atoms with Gasteiger partial charge in [0, 0.05) is 38.7 Å². The molecular weight excluding hydrogens is 543 g/mol. The minimum absolute atomic E-state index is 0.156. The quantitative estimate of drug-likeness (QED) is 0.346. The van der Waals surface area contributed by atoms with Crippen LogP contribution in [0.25, 0.3) is 0 Å². The summed E-state index contributed by atoms with van der Waals surface area (Å²) in [6.07, 6.45) is 0.156. The van der Waals surface area contributed by atoms with Crippen LogP contribution in [0.3, 0.4) is 0 Å². The lowest BCUT2D eigenvalue weighted by molar-refractivity contribution is -0.140. The van der Waals surface area contributed by atoms with Crippen molar-refractivity contribution in [1.29, 1.82) is 0 Å². The number of carbonyl (C=O) groups is 2. The molecule has 0 saturated heterocycles. The van der Waals surface area contributed by atoms with Gasteiger partial charge < -0.3 is 10.2 Å². The number of rotatable bonds is 12. The van der Waals surface area contributed by atoms with Gasteiger partial charge in [0.25, 0.3) is 0 Å². The number of benzene rings is 3. The van der Waals surface area contributed by atoms with Crippen LogP contribution in [0.4, 0.5) is 10.1 Å². The van der Waals surface area contributed by atoms with Gasteiger partial charge in [-0.1, -0.05) is 60.7 Å². The van der Waals surface area contributed by atoms with Crippen LogP contribution in [0.15, 0.2) is 72.8 Å². The maximum absolute atomic E-state index is 14.9. The maximum atomic E-state index is 14.9. The first-order valence-corrected chi connectivity index (χ1v) is 14.9. The van der Waals surface area contributed by atoms with Crippen molar-refractivity contribution in [3.8, 4) is 0 Å². The molecule has 2 amide bonds. The second-order valence-corrected chi connectivity index (χ2v) is 12.6. The SMILES string of the molecule is Cc1ccc(C)c(N(CC(=O)N(Cc2ccccc2F)[C@H](Cc2ccccc2)C(=O)NC(C)C)S(=O)(=O)N(C)C)c1. The van der Waals surface area contributed by atoms with Crippen LogP contribution in [-0.4, -0.2) is 62.2 Å². The van der Waals surface area contributed by atoms with Crippen molar-refractivity contribution in [1.82, 2.24) is 14.5 Å². The van der Waals surface area contributed by atoms with E-state index in [0.717, 1.165) is 19.7 Å². The van der Waals surface area contributed by atoms with Crippen molar-refractivity contribution >= 4 is 27.7 Å². The molecule has 0 aromatic heterocycles. The first-order chi connectivity index (χ1) is 19.3. The van der Waals surface area contributed by atoms with E-state index in [1.54, 1.807) is 37.3 Å². The predicted molar refractivity (Wildman–Crippen MR) is 160 cm³/mol. The number of hydrogen-bond acceptors (Lipinski definition) is 4. The molecule has 0 aliphatic heterocycles.